The Labute approximate surface area is 104 Å². The Morgan fingerprint density at radius 3 is 2.29 bits per heavy atom. The van der Waals surface area contributed by atoms with Crippen molar-refractivity contribution < 1.29 is 14.3 Å². The van der Waals surface area contributed by atoms with E-state index in [4.69, 9.17) is 9.47 Å². The van der Waals surface area contributed by atoms with Crippen LogP contribution in [0.2, 0.25) is 25.7 Å². The first-order chi connectivity index (χ1) is 7.87. The second-order valence-corrected chi connectivity index (χ2v) is 10.9. The molecular formula is C13H20O3Si. The van der Waals surface area contributed by atoms with E-state index in [0.29, 0.717) is 12.4 Å². The number of benzene rings is 1. The van der Waals surface area contributed by atoms with Crippen molar-refractivity contribution in [2.24, 2.45) is 0 Å². The van der Waals surface area contributed by atoms with Crippen LogP contribution in [0.25, 0.3) is 0 Å². The third-order valence-corrected chi connectivity index (χ3v) is 4.00. The average Bonchev–Trinajstić information content (AvgIpc) is 2.19. The minimum absolute atomic E-state index is 0.445. The van der Waals surface area contributed by atoms with Gasteiger partial charge in [0.15, 0.2) is 0 Å². The highest BCUT2D eigenvalue weighted by Gasteiger charge is 2.14. The van der Waals surface area contributed by atoms with Crippen LogP contribution in [-0.4, -0.2) is 20.8 Å². The maximum atomic E-state index is 11.4. The Morgan fingerprint density at radius 2 is 1.76 bits per heavy atom. The number of carbonyl (C=O) groups excluding carboxylic acids is 1. The van der Waals surface area contributed by atoms with E-state index in [1.807, 2.05) is 19.1 Å². The van der Waals surface area contributed by atoms with Crippen molar-refractivity contribution in [1.82, 2.24) is 0 Å². The number of hydrogen-bond donors (Lipinski definition) is 0. The molecule has 0 bridgehead atoms. The second-order valence-electron chi connectivity index (χ2n) is 5.32. The van der Waals surface area contributed by atoms with Crippen molar-refractivity contribution in [1.29, 1.82) is 0 Å². The van der Waals surface area contributed by atoms with Crippen LogP contribution in [0.4, 0.5) is 4.79 Å². The molecule has 4 heteroatoms. The fourth-order valence-corrected chi connectivity index (χ4v) is 1.89. The molecule has 3 nitrogen and oxygen atoms in total. The van der Waals surface area contributed by atoms with E-state index < -0.39 is 14.2 Å². The van der Waals surface area contributed by atoms with E-state index in [-0.39, 0.29) is 0 Å². The highest BCUT2D eigenvalue weighted by Crippen LogP contribution is 2.13. The molecule has 17 heavy (non-hydrogen) atoms. The van der Waals surface area contributed by atoms with Crippen LogP contribution < -0.4 is 4.74 Å². The summed E-state index contributed by atoms with van der Waals surface area (Å²) in [5.41, 5.74) is 1.13. The van der Waals surface area contributed by atoms with Gasteiger partial charge in [-0.25, -0.2) is 4.79 Å². The topological polar surface area (TPSA) is 35.5 Å². The van der Waals surface area contributed by atoms with Crippen molar-refractivity contribution in [2.45, 2.75) is 32.6 Å². The third-order valence-electron chi connectivity index (χ3n) is 2.29. The van der Waals surface area contributed by atoms with Crippen LogP contribution in [0, 0.1) is 6.92 Å². The Bertz CT molecular complexity index is 365. The molecule has 0 saturated carbocycles. The van der Waals surface area contributed by atoms with Crippen LogP contribution in [0.15, 0.2) is 24.3 Å². The Hall–Kier alpha value is -1.29. The summed E-state index contributed by atoms with van der Waals surface area (Å²) < 4.78 is 10.1. The smallest absolute Gasteiger partial charge is 0.434 e. The summed E-state index contributed by atoms with van der Waals surface area (Å²) in [5, 5.41) is 0. The molecule has 0 radical (unpaired) electrons. The molecule has 1 rings (SSSR count). The number of aryl methyl sites for hydroxylation is 1. The van der Waals surface area contributed by atoms with Crippen LogP contribution in [-0.2, 0) is 4.74 Å². The molecule has 0 amide bonds. The quantitative estimate of drug-likeness (QED) is 0.464. The molecule has 0 aliphatic carbocycles. The predicted molar refractivity (Wildman–Crippen MR) is 71.3 cm³/mol. The van der Waals surface area contributed by atoms with Gasteiger partial charge in [0, 0.05) is 8.07 Å². The van der Waals surface area contributed by atoms with Gasteiger partial charge in [0.05, 0.1) is 6.61 Å². The first-order valence-electron chi connectivity index (χ1n) is 5.78. The van der Waals surface area contributed by atoms with Gasteiger partial charge in [-0.05, 0) is 25.1 Å². The Balaban J connectivity index is 2.32. The number of carbonyl (C=O) groups is 1. The predicted octanol–water partition coefficient (Wildman–Crippen LogP) is 3.85. The molecule has 1 aromatic rings. The van der Waals surface area contributed by atoms with E-state index >= 15 is 0 Å². The monoisotopic (exact) mass is 252 g/mol. The fraction of sp³-hybridized carbons (Fsp3) is 0.462. The molecule has 1 aromatic carbocycles. The molecular weight excluding hydrogens is 232 g/mol. The number of ether oxygens (including phenoxy) is 2. The summed E-state index contributed by atoms with van der Waals surface area (Å²) in [6, 6.07) is 8.26. The molecule has 94 valence electrons. The third kappa shape index (κ3) is 6.11. The van der Waals surface area contributed by atoms with Crippen molar-refractivity contribution >= 4 is 14.2 Å². The lowest BCUT2D eigenvalue weighted by molar-refractivity contribution is 0.104. The zero-order valence-corrected chi connectivity index (χ0v) is 11.9. The van der Waals surface area contributed by atoms with E-state index in [2.05, 4.69) is 19.6 Å². The van der Waals surface area contributed by atoms with Gasteiger partial charge in [-0.2, -0.15) is 0 Å². The van der Waals surface area contributed by atoms with Gasteiger partial charge in [0.25, 0.3) is 0 Å². The van der Waals surface area contributed by atoms with Crippen LogP contribution in [0.1, 0.15) is 5.56 Å². The zero-order valence-electron chi connectivity index (χ0n) is 10.9. The zero-order chi connectivity index (χ0) is 12.9. The van der Waals surface area contributed by atoms with E-state index in [0.717, 1.165) is 11.6 Å². The van der Waals surface area contributed by atoms with Gasteiger partial charge in [-0.3, -0.25) is 0 Å². The summed E-state index contributed by atoms with van der Waals surface area (Å²) in [7, 11) is -1.16. The van der Waals surface area contributed by atoms with Crippen LogP contribution in [0.5, 0.6) is 5.75 Å². The van der Waals surface area contributed by atoms with Gasteiger partial charge in [0.2, 0.25) is 0 Å². The molecule has 0 aliphatic rings. The largest absolute Gasteiger partial charge is 0.513 e. The number of rotatable bonds is 4. The van der Waals surface area contributed by atoms with E-state index in [9.17, 15) is 4.79 Å². The summed E-state index contributed by atoms with van der Waals surface area (Å²) in [5.74, 6) is 0.522. The SMILES string of the molecule is Cc1ccc(OC(=O)OCC[Si](C)(C)C)cc1. The lowest BCUT2D eigenvalue weighted by atomic mass is 10.2. The first-order valence-corrected chi connectivity index (χ1v) is 9.49. The summed E-state index contributed by atoms with van der Waals surface area (Å²) in [4.78, 5) is 11.4. The van der Waals surface area contributed by atoms with Crippen LogP contribution >= 0.6 is 0 Å². The number of hydrogen-bond acceptors (Lipinski definition) is 3. The molecule has 0 fully saturated rings. The Morgan fingerprint density at radius 1 is 1.18 bits per heavy atom. The van der Waals surface area contributed by atoms with Crippen LogP contribution in [0.3, 0.4) is 0 Å². The molecule has 0 spiro atoms. The lowest BCUT2D eigenvalue weighted by Crippen LogP contribution is -2.23. The lowest BCUT2D eigenvalue weighted by Gasteiger charge is -2.14. The molecule has 0 aromatic heterocycles. The van der Waals surface area contributed by atoms with Gasteiger partial charge < -0.3 is 9.47 Å². The second kappa shape index (κ2) is 5.86. The standard InChI is InChI=1S/C13H20O3Si/c1-11-5-7-12(8-6-11)16-13(14)15-9-10-17(2,3)4/h5-8H,9-10H2,1-4H3. The van der Waals surface area contributed by atoms with Gasteiger partial charge in [-0.1, -0.05) is 37.3 Å². The molecule has 0 heterocycles. The highest BCUT2D eigenvalue weighted by molar-refractivity contribution is 6.76. The minimum atomic E-state index is -1.16. The normalized spacial score (nSPS) is 11.1. The van der Waals surface area contributed by atoms with Crippen molar-refractivity contribution in [3.05, 3.63) is 29.8 Å². The minimum Gasteiger partial charge on any atom is -0.434 e. The summed E-state index contributed by atoms with van der Waals surface area (Å²) >= 11 is 0. The maximum absolute atomic E-state index is 11.4. The molecule has 0 N–H and O–H groups in total. The van der Waals surface area contributed by atoms with Gasteiger partial charge in [-0.15, -0.1) is 0 Å². The molecule has 0 atom stereocenters. The summed E-state index contributed by atoms with van der Waals surface area (Å²) in [6.07, 6.45) is -0.618. The summed E-state index contributed by atoms with van der Waals surface area (Å²) in [6.45, 7) is 9.14. The van der Waals surface area contributed by atoms with E-state index in [1.165, 1.54) is 0 Å². The van der Waals surface area contributed by atoms with Crippen molar-refractivity contribution in [3.8, 4) is 5.75 Å². The van der Waals surface area contributed by atoms with E-state index in [1.54, 1.807) is 12.1 Å². The molecule has 0 aliphatic heterocycles. The fourth-order valence-electron chi connectivity index (χ4n) is 1.17. The highest BCUT2D eigenvalue weighted by atomic mass is 28.3. The molecule has 0 saturated heterocycles. The first kappa shape index (κ1) is 13.8. The average molecular weight is 252 g/mol. The van der Waals surface area contributed by atoms with Gasteiger partial charge in [0.1, 0.15) is 5.75 Å². The van der Waals surface area contributed by atoms with Crippen molar-refractivity contribution in [2.75, 3.05) is 6.61 Å². The van der Waals surface area contributed by atoms with Gasteiger partial charge >= 0.3 is 6.16 Å². The molecule has 0 unspecified atom stereocenters. The maximum Gasteiger partial charge on any atom is 0.513 e. The van der Waals surface area contributed by atoms with Crippen molar-refractivity contribution in [3.63, 3.8) is 0 Å². The Kier molecular flexibility index (Phi) is 4.75.